The molecule has 134 valence electrons. The maximum Gasteiger partial charge on any atom is 0.406 e. The molecular weight excluding hydrogens is 345 g/mol. The summed E-state index contributed by atoms with van der Waals surface area (Å²) in [6.45, 7) is 0.957. The van der Waals surface area contributed by atoms with Gasteiger partial charge in [0.15, 0.2) is 11.1 Å². The largest absolute Gasteiger partial charge is 0.406 e. The van der Waals surface area contributed by atoms with E-state index in [4.69, 9.17) is 5.73 Å². The summed E-state index contributed by atoms with van der Waals surface area (Å²) in [4.78, 5) is 24.3. The number of rotatable bonds is 4. The molecule has 0 unspecified atom stereocenters. The van der Waals surface area contributed by atoms with Crippen molar-refractivity contribution < 1.29 is 18.0 Å². The molecule has 0 atom stereocenters. The van der Waals surface area contributed by atoms with Crippen LogP contribution in [0.25, 0.3) is 0 Å². The first-order chi connectivity index (χ1) is 11.3. The number of guanidine groups is 1. The van der Waals surface area contributed by atoms with Crippen LogP contribution in [0.4, 0.5) is 18.3 Å². The van der Waals surface area contributed by atoms with E-state index in [2.05, 4.69) is 14.9 Å². The van der Waals surface area contributed by atoms with Gasteiger partial charge in [0.25, 0.3) is 0 Å². The summed E-state index contributed by atoms with van der Waals surface area (Å²) in [5.41, 5.74) is 5.84. The second-order valence-corrected chi connectivity index (χ2v) is 6.20. The third-order valence-electron chi connectivity index (χ3n) is 3.51. The minimum absolute atomic E-state index is 0.169. The number of nitrogens with two attached hydrogens (primary N) is 1. The lowest BCUT2D eigenvalue weighted by molar-refractivity contribution is -0.157. The van der Waals surface area contributed by atoms with Crippen LogP contribution in [-0.4, -0.2) is 79.1 Å². The Kier molecular flexibility index (Phi) is 5.86. The van der Waals surface area contributed by atoms with Gasteiger partial charge < -0.3 is 20.4 Å². The van der Waals surface area contributed by atoms with Gasteiger partial charge in [-0.15, -0.1) is 11.3 Å². The summed E-state index contributed by atoms with van der Waals surface area (Å²) in [5.74, 6) is -0.556. The van der Waals surface area contributed by atoms with E-state index in [1.54, 1.807) is 22.4 Å². The monoisotopic (exact) mass is 364 g/mol. The number of anilines is 1. The normalized spacial score (nSPS) is 16.4. The molecule has 0 bridgehead atoms. The molecule has 24 heavy (non-hydrogen) atoms. The molecule has 2 rings (SSSR count). The number of amides is 1. The van der Waals surface area contributed by atoms with E-state index >= 15 is 0 Å². The Morgan fingerprint density at radius 3 is 2.62 bits per heavy atom. The highest BCUT2D eigenvalue weighted by molar-refractivity contribution is 7.13. The number of hydrogen-bond donors (Lipinski definition) is 1. The summed E-state index contributed by atoms with van der Waals surface area (Å²) in [6, 6.07) is 0. The summed E-state index contributed by atoms with van der Waals surface area (Å²) < 4.78 is 36.7. The molecule has 0 radical (unpaired) electrons. The van der Waals surface area contributed by atoms with Gasteiger partial charge in [-0.25, -0.2) is 9.98 Å². The number of carbonyl (C=O) groups excluding carboxylic acids is 1. The Hall–Kier alpha value is -2.04. The number of hydrogen-bond acceptors (Lipinski definition) is 5. The second kappa shape index (κ2) is 7.69. The number of aromatic nitrogens is 1. The van der Waals surface area contributed by atoms with E-state index in [1.807, 2.05) is 5.38 Å². The van der Waals surface area contributed by atoms with Gasteiger partial charge in [-0.1, -0.05) is 0 Å². The first-order valence-corrected chi connectivity index (χ1v) is 8.14. The fraction of sp³-hybridized carbons (Fsp3) is 0.615. The molecule has 1 fully saturated rings. The zero-order chi connectivity index (χ0) is 17.7. The molecule has 1 aromatic heterocycles. The predicted molar refractivity (Wildman–Crippen MR) is 86.1 cm³/mol. The van der Waals surface area contributed by atoms with Crippen LogP contribution in [0, 0.1) is 0 Å². The lowest BCUT2D eigenvalue weighted by Gasteiger charge is -2.35. The van der Waals surface area contributed by atoms with Crippen LogP contribution in [0.2, 0.25) is 0 Å². The van der Waals surface area contributed by atoms with Gasteiger partial charge in [-0.3, -0.25) is 4.79 Å². The molecule has 0 aromatic carbocycles. The van der Waals surface area contributed by atoms with Crippen molar-refractivity contribution in [2.24, 2.45) is 10.7 Å². The standard InChI is InChI=1S/C13H19F3N6OS/c1-20(9-13(14,15)16)10(23)8-19-11(17)21-3-5-22(6-4-21)12-18-2-7-24-12/h2,7H,3-6,8-9H2,1H3,(H2,17,19). The van der Waals surface area contributed by atoms with Crippen molar-refractivity contribution in [3.05, 3.63) is 11.6 Å². The fourth-order valence-electron chi connectivity index (χ4n) is 2.23. The predicted octanol–water partition coefficient (Wildman–Crippen LogP) is 0.601. The van der Waals surface area contributed by atoms with E-state index in [-0.39, 0.29) is 5.96 Å². The Labute approximate surface area is 141 Å². The van der Waals surface area contributed by atoms with Gasteiger partial charge in [-0.2, -0.15) is 13.2 Å². The molecule has 1 aliphatic heterocycles. The van der Waals surface area contributed by atoms with Gasteiger partial charge in [0.1, 0.15) is 13.1 Å². The van der Waals surface area contributed by atoms with Crippen molar-refractivity contribution in [1.82, 2.24) is 14.8 Å². The third-order valence-corrected chi connectivity index (χ3v) is 4.34. The summed E-state index contributed by atoms with van der Waals surface area (Å²) in [6.07, 6.45) is -2.68. The van der Waals surface area contributed by atoms with E-state index in [9.17, 15) is 18.0 Å². The average molecular weight is 364 g/mol. The molecule has 0 spiro atoms. The number of carbonyl (C=O) groups is 1. The van der Waals surface area contributed by atoms with Gasteiger partial charge >= 0.3 is 6.18 Å². The topological polar surface area (TPSA) is 78.1 Å². The highest BCUT2D eigenvalue weighted by atomic mass is 32.1. The maximum atomic E-state index is 12.2. The van der Waals surface area contributed by atoms with Crippen molar-refractivity contribution in [1.29, 1.82) is 0 Å². The van der Waals surface area contributed by atoms with Crippen LogP contribution in [0.15, 0.2) is 16.6 Å². The van der Waals surface area contributed by atoms with Crippen molar-refractivity contribution in [3.63, 3.8) is 0 Å². The number of alkyl halides is 3. The zero-order valence-electron chi connectivity index (χ0n) is 13.2. The van der Waals surface area contributed by atoms with Gasteiger partial charge in [0.05, 0.1) is 0 Å². The van der Waals surface area contributed by atoms with Crippen LogP contribution in [-0.2, 0) is 4.79 Å². The van der Waals surface area contributed by atoms with Crippen molar-refractivity contribution in [3.8, 4) is 0 Å². The maximum absolute atomic E-state index is 12.2. The number of likely N-dealkylation sites (N-methyl/N-ethyl adjacent to an activating group) is 1. The lowest BCUT2D eigenvalue weighted by atomic mass is 10.3. The number of nitrogens with zero attached hydrogens (tertiary/aromatic N) is 5. The molecular formula is C13H19F3N6OS. The molecule has 1 saturated heterocycles. The lowest BCUT2D eigenvalue weighted by Crippen LogP contribution is -2.51. The quantitative estimate of drug-likeness (QED) is 0.625. The summed E-state index contributed by atoms with van der Waals surface area (Å²) >= 11 is 1.55. The number of halogens is 3. The number of piperazine rings is 1. The van der Waals surface area contributed by atoms with E-state index < -0.39 is 25.2 Å². The summed E-state index contributed by atoms with van der Waals surface area (Å²) in [5, 5.41) is 2.84. The molecule has 1 aliphatic rings. The zero-order valence-corrected chi connectivity index (χ0v) is 14.0. The minimum atomic E-state index is -4.42. The van der Waals surface area contributed by atoms with E-state index in [1.165, 1.54) is 0 Å². The number of aliphatic imine (C=N–C) groups is 1. The van der Waals surface area contributed by atoms with Crippen LogP contribution in [0.5, 0.6) is 0 Å². The summed E-state index contributed by atoms with van der Waals surface area (Å²) in [7, 11) is 1.09. The Balaban J connectivity index is 1.80. The Bertz CT molecular complexity index is 569. The van der Waals surface area contributed by atoms with Gasteiger partial charge in [0, 0.05) is 44.8 Å². The van der Waals surface area contributed by atoms with Crippen LogP contribution in [0.3, 0.4) is 0 Å². The molecule has 2 N–H and O–H groups in total. The third kappa shape index (κ3) is 5.25. The molecule has 1 amide bonds. The molecule has 11 heteroatoms. The van der Waals surface area contributed by atoms with Gasteiger partial charge in [0.2, 0.25) is 5.91 Å². The Morgan fingerprint density at radius 2 is 2.08 bits per heavy atom. The SMILES string of the molecule is CN(CC(F)(F)F)C(=O)CN=C(N)N1CCN(c2nccs2)CC1. The van der Waals surface area contributed by atoms with E-state index in [0.717, 1.165) is 12.2 Å². The first kappa shape index (κ1) is 18.3. The second-order valence-electron chi connectivity index (χ2n) is 5.33. The molecule has 0 saturated carbocycles. The molecule has 7 nitrogen and oxygen atoms in total. The van der Waals surface area contributed by atoms with Crippen molar-refractivity contribution in [2.45, 2.75) is 6.18 Å². The van der Waals surface area contributed by atoms with Crippen molar-refractivity contribution >= 4 is 28.3 Å². The molecule has 0 aliphatic carbocycles. The van der Waals surface area contributed by atoms with Crippen LogP contribution in [0.1, 0.15) is 0 Å². The fourth-order valence-corrected chi connectivity index (χ4v) is 2.92. The highest BCUT2D eigenvalue weighted by Gasteiger charge is 2.31. The molecule has 2 heterocycles. The van der Waals surface area contributed by atoms with Crippen LogP contribution < -0.4 is 10.6 Å². The first-order valence-electron chi connectivity index (χ1n) is 7.26. The van der Waals surface area contributed by atoms with Crippen LogP contribution >= 0.6 is 11.3 Å². The minimum Gasteiger partial charge on any atom is -0.370 e. The number of thiazole rings is 1. The van der Waals surface area contributed by atoms with Crippen molar-refractivity contribution in [2.75, 3.05) is 51.2 Å². The Morgan fingerprint density at radius 1 is 1.42 bits per heavy atom. The highest BCUT2D eigenvalue weighted by Crippen LogP contribution is 2.18. The van der Waals surface area contributed by atoms with E-state index in [0.29, 0.717) is 31.1 Å². The average Bonchev–Trinajstić information content (AvgIpc) is 3.05. The smallest absolute Gasteiger partial charge is 0.370 e. The van der Waals surface area contributed by atoms with Gasteiger partial charge in [-0.05, 0) is 0 Å². The molecule has 1 aromatic rings.